The molecular weight excluding hydrogens is 227 g/mol. The van der Waals surface area contributed by atoms with E-state index >= 15 is 0 Å². The van der Waals surface area contributed by atoms with Crippen molar-refractivity contribution >= 4 is 5.97 Å². The van der Waals surface area contributed by atoms with Crippen molar-refractivity contribution in [3.05, 3.63) is 0 Å². The molecule has 0 amide bonds. The van der Waals surface area contributed by atoms with Crippen LogP contribution in [0.2, 0.25) is 0 Å². The van der Waals surface area contributed by atoms with E-state index in [0.717, 1.165) is 0 Å². The fourth-order valence-electron chi connectivity index (χ4n) is 0.827. The molecule has 0 radical (unpaired) electrons. The van der Waals surface area contributed by atoms with Crippen molar-refractivity contribution in [2.24, 2.45) is 0 Å². The largest absolute Gasteiger partial charge is 0.462 e. The van der Waals surface area contributed by atoms with Gasteiger partial charge in [-0.1, -0.05) is 0 Å². The average Bonchev–Trinajstić information content (AvgIpc) is 2.07. The van der Waals surface area contributed by atoms with Crippen LogP contribution in [0.25, 0.3) is 0 Å². The Hall–Kier alpha value is -0.820. The van der Waals surface area contributed by atoms with Crippen LogP contribution in [-0.4, -0.2) is 44.6 Å². The van der Waals surface area contributed by atoms with Crippen molar-refractivity contribution in [1.29, 1.82) is 0 Å². The van der Waals surface area contributed by atoms with E-state index in [-0.39, 0.29) is 25.8 Å². The minimum Gasteiger partial charge on any atom is -0.462 e. The van der Waals surface area contributed by atoms with Gasteiger partial charge >= 0.3 is 12.1 Å². The minimum absolute atomic E-state index is 0.0342. The smallest absolute Gasteiger partial charge is 0.411 e. The second kappa shape index (κ2) is 7.45. The molecule has 0 saturated carbocycles. The van der Waals surface area contributed by atoms with Gasteiger partial charge in [0.2, 0.25) is 0 Å². The Kier molecular flexibility index (Phi) is 7.07. The van der Waals surface area contributed by atoms with Crippen LogP contribution < -0.4 is 5.32 Å². The number of alkyl halides is 3. The van der Waals surface area contributed by atoms with Crippen molar-refractivity contribution in [1.82, 2.24) is 5.32 Å². The van der Waals surface area contributed by atoms with Gasteiger partial charge in [0.15, 0.2) is 0 Å². The average molecular weight is 243 g/mol. The molecule has 0 fully saturated rings. The zero-order valence-corrected chi connectivity index (χ0v) is 9.26. The normalized spacial score (nSPS) is 11.9. The number of halogens is 3. The third-order valence-electron chi connectivity index (χ3n) is 1.33. The van der Waals surface area contributed by atoms with Crippen molar-refractivity contribution < 1.29 is 27.4 Å². The summed E-state index contributed by atoms with van der Waals surface area (Å²) in [6.45, 7) is 2.19. The van der Waals surface area contributed by atoms with Crippen molar-refractivity contribution in [2.45, 2.75) is 26.1 Å². The van der Waals surface area contributed by atoms with E-state index in [9.17, 15) is 18.0 Å². The lowest BCUT2D eigenvalue weighted by Gasteiger charge is -2.09. The third kappa shape index (κ3) is 11.3. The first-order chi connectivity index (χ1) is 7.31. The number of rotatable bonds is 7. The van der Waals surface area contributed by atoms with Gasteiger partial charge in [0.05, 0.1) is 19.3 Å². The maximum atomic E-state index is 11.6. The second-order valence-corrected chi connectivity index (χ2v) is 3.38. The minimum atomic E-state index is -4.31. The van der Waals surface area contributed by atoms with Crippen LogP contribution in [0.5, 0.6) is 0 Å². The summed E-state index contributed by atoms with van der Waals surface area (Å²) in [5.74, 6) is -0.439. The highest BCUT2D eigenvalue weighted by Crippen LogP contribution is 2.13. The van der Waals surface area contributed by atoms with E-state index < -0.39 is 18.8 Å². The first-order valence-corrected chi connectivity index (χ1v) is 4.86. The molecule has 0 aromatic carbocycles. The van der Waals surface area contributed by atoms with E-state index in [1.54, 1.807) is 13.8 Å². The number of carbonyl (C=O) groups excluding carboxylic acids is 1. The summed E-state index contributed by atoms with van der Waals surface area (Å²) in [4.78, 5) is 10.9. The standard InChI is InChI=1S/C9H16F3NO3/c1-7(2)16-8(14)5-13-3-4-15-6-9(10,11)12/h7,13H,3-6H2,1-2H3. The maximum absolute atomic E-state index is 11.6. The zero-order valence-electron chi connectivity index (χ0n) is 9.26. The van der Waals surface area contributed by atoms with Crippen LogP contribution in [-0.2, 0) is 14.3 Å². The van der Waals surface area contributed by atoms with Crippen LogP contribution in [0.1, 0.15) is 13.8 Å². The Morgan fingerprint density at radius 3 is 2.50 bits per heavy atom. The molecule has 0 aliphatic rings. The second-order valence-electron chi connectivity index (χ2n) is 3.38. The highest BCUT2D eigenvalue weighted by atomic mass is 19.4. The predicted octanol–water partition coefficient (Wildman–Crippen LogP) is 1.11. The van der Waals surface area contributed by atoms with Gasteiger partial charge in [-0.25, -0.2) is 0 Å². The van der Waals surface area contributed by atoms with Crippen molar-refractivity contribution in [2.75, 3.05) is 26.3 Å². The molecule has 7 heteroatoms. The van der Waals surface area contributed by atoms with E-state index in [1.807, 2.05) is 0 Å². The summed E-state index contributed by atoms with van der Waals surface area (Å²) >= 11 is 0. The van der Waals surface area contributed by atoms with Crippen molar-refractivity contribution in [3.63, 3.8) is 0 Å². The molecule has 4 nitrogen and oxygen atoms in total. The van der Waals surface area contributed by atoms with Crippen LogP contribution in [0.15, 0.2) is 0 Å². The first kappa shape index (κ1) is 15.2. The quantitative estimate of drug-likeness (QED) is 0.537. The van der Waals surface area contributed by atoms with Gasteiger partial charge in [0.1, 0.15) is 6.61 Å². The molecule has 0 heterocycles. The molecule has 0 aliphatic heterocycles. The third-order valence-corrected chi connectivity index (χ3v) is 1.33. The lowest BCUT2D eigenvalue weighted by atomic mass is 10.5. The number of nitrogens with one attached hydrogen (secondary N) is 1. The number of hydrogen-bond acceptors (Lipinski definition) is 4. The van der Waals surface area contributed by atoms with E-state index in [2.05, 4.69) is 10.1 Å². The fourth-order valence-corrected chi connectivity index (χ4v) is 0.827. The molecule has 1 N–H and O–H groups in total. The monoisotopic (exact) mass is 243 g/mol. The van der Waals surface area contributed by atoms with Gasteiger partial charge < -0.3 is 14.8 Å². The highest BCUT2D eigenvalue weighted by molar-refractivity contribution is 5.71. The lowest BCUT2D eigenvalue weighted by Crippen LogP contribution is -2.30. The predicted molar refractivity (Wildman–Crippen MR) is 51.0 cm³/mol. The highest BCUT2D eigenvalue weighted by Gasteiger charge is 2.27. The Morgan fingerprint density at radius 2 is 2.00 bits per heavy atom. The number of hydrogen-bond donors (Lipinski definition) is 1. The SMILES string of the molecule is CC(C)OC(=O)CNCCOCC(F)(F)F. The summed E-state index contributed by atoms with van der Waals surface area (Å²) < 4.78 is 44.0. The van der Waals surface area contributed by atoms with Crippen LogP contribution in [0, 0.1) is 0 Å². The molecular formula is C9H16F3NO3. The molecule has 0 spiro atoms. The molecule has 0 atom stereocenters. The van der Waals surface area contributed by atoms with Crippen LogP contribution >= 0.6 is 0 Å². The summed E-state index contributed by atoms with van der Waals surface area (Å²) in [7, 11) is 0. The Bertz CT molecular complexity index is 207. The van der Waals surface area contributed by atoms with Gasteiger partial charge in [0, 0.05) is 6.54 Å². The van der Waals surface area contributed by atoms with Gasteiger partial charge in [-0.05, 0) is 13.8 Å². The van der Waals surface area contributed by atoms with E-state index in [1.165, 1.54) is 0 Å². The van der Waals surface area contributed by atoms with E-state index in [4.69, 9.17) is 4.74 Å². The molecule has 16 heavy (non-hydrogen) atoms. The van der Waals surface area contributed by atoms with Crippen LogP contribution in [0.4, 0.5) is 13.2 Å². The molecule has 0 saturated heterocycles. The Balaban J connectivity index is 3.31. The van der Waals surface area contributed by atoms with Gasteiger partial charge in [0.25, 0.3) is 0 Å². The summed E-state index contributed by atoms with van der Waals surface area (Å²) in [5.41, 5.74) is 0. The first-order valence-electron chi connectivity index (χ1n) is 4.86. The molecule has 0 unspecified atom stereocenters. The Morgan fingerprint density at radius 1 is 1.38 bits per heavy atom. The number of esters is 1. The number of ether oxygens (including phenoxy) is 2. The summed E-state index contributed by atoms with van der Waals surface area (Å²) in [6.07, 6.45) is -4.51. The fraction of sp³-hybridized carbons (Fsp3) is 0.889. The van der Waals surface area contributed by atoms with Gasteiger partial charge in [-0.3, -0.25) is 4.79 Å². The van der Waals surface area contributed by atoms with E-state index in [0.29, 0.717) is 0 Å². The van der Waals surface area contributed by atoms with Crippen LogP contribution in [0.3, 0.4) is 0 Å². The van der Waals surface area contributed by atoms with Crippen molar-refractivity contribution in [3.8, 4) is 0 Å². The lowest BCUT2D eigenvalue weighted by molar-refractivity contribution is -0.173. The van der Waals surface area contributed by atoms with Gasteiger partial charge in [-0.15, -0.1) is 0 Å². The number of carbonyl (C=O) groups is 1. The Labute approximate surface area is 92.1 Å². The molecule has 96 valence electrons. The molecule has 0 aromatic rings. The van der Waals surface area contributed by atoms with Gasteiger partial charge in [-0.2, -0.15) is 13.2 Å². The summed E-state index contributed by atoms with van der Waals surface area (Å²) in [5, 5.41) is 2.61. The molecule has 0 aliphatic carbocycles. The molecule has 0 bridgehead atoms. The maximum Gasteiger partial charge on any atom is 0.411 e. The molecule has 0 aromatic heterocycles. The molecule has 0 rings (SSSR count). The summed E-state index contributed by atoms with van der Waals surface area (Å²) in [6, 6.07) is 0. The zero-order chi connectivity index (χ0) is 12.6. The topological polar surface area (TPSA) is 47.6 Å².